The minimum atomic E-state index is 0.966. The van der Waals surface area contributed by atoms with E-state index in [1.165, 1.54) is 120 Å². The van der Waals surface area contributed by atoms with Crippen LogP contribution in [-0.2, 0) is 0 Å². The molecule has 14 aromatic carbocycles. The summed E-state index contributed by atoms with van der Waals surface area (Å²) in [7, 11) is 0. The molecule has 0 aliphatic rings. The number of para-hydroxylation sites is 7. The molecule has 538 valence electrons. The van der Waals surface area contributed by atoms with E-state index >= 15 is 0 Å². The van der Waals surface area contributed by atoms with Crippen molar-refractivity contribution in [1.82, 2.24) is 15.0 Å². The number of benzene rings is 14. The third-order valence-electron chi connectivity index (χ3n) is 19.2. The quantitative estimate of drug-likeness (QED) is 0.148. The van der Waals surface area contributed by atoms with Gasteiger partial charge < -0.3 is 22.1 Å². The lowest BCUT2D eigenvalue weighted by Gasteiger charge is -1.97. The van der Waals surface area contributed by atoms with E-state index in [2.05, 4.69) is 247 Å². The minimum absolute atomic E-state index is 0.966. The molecule has 0 amide bonds. The Kier molecular flexibility index (Phi) is 22.8. The maximum Gasteiger partial charge on any atom is 0.138 e. The summed E-state index contributed by atoms with van der Waals surface area (Å²) in [5.41, 5.74) is 24.3. The van der Waals surface area contributed by atoms with Crippen LogP contribution >= 0.6 is 0 Å². The van der Waals surface area contributed by atoms with Crippen LogP contribution in [0.5, 0.6) is 0 Å². The first-order valence-electron chi connectivity index (χ1n) is 37.1. The maximum absolute atomic E-state index is 5.78. The monoisotopic (exact) mass is 1430 g/mol. The number of rotatable bonds is 0. The van der Waals surface area contributed by atoms with E-state index in [9.17, 15) is 0 Å². The van der Waals surface area contributed by atoms with Gasteiger partial charge in [-0.15, -0.1) is 0 Å². The zero-order chi connectivity index (χ0) is 75.9. The molecule has 8 heterocycles. The Balaban J connectivity index is 0.000000104. The average Bonchev–Trinajstić information content (AvgIpc) is 1.66. The van der Waals surface area contributed by atoms with Crippen LogP contribution in [0.4, 0.5) is 0 Å². The Hall–Kier alpha value is -13.7. The van der Waals surface area contributed by atoms with E-state index in [0.29, 0.717) is 0 Å². The molecule has 0 spiro atoms. The van der Waals surface area contributed by atoms with Crippen molar-refractivity contribution in [2.75, 3.05) is 0 Å². The molecule has 8 nitrogen and oxygen atoms in total. The second-order valence-electron chi connectivity index (χ2n) is 27.5. The van der Waals surface area contributed by atoms with E-state index in [1.54, 1.807) is 0 Å². The Labute approximate surface area is 640 Å². The van der Waals surface area contributed by atoms with Gasteiger partial charge in [0.2, 0.25) is 0 Å². The summed E-state index contributed by atoms with van der Waals surface area (Å²) in [5.74, 6) is 0. The highest BCUT2D eigenvalue weighted by molar-refractivity contribution is 6.09. The largest absolute Gasteiger partial charge is 0.456 e. The van der Waals surface area contributed by atoms with Crippen molar-refractivity contribution in [2.24, 2.45) is 0 Å². The van der Waals surface area contributed by atoms with E-state index in [0.717, 1.165) is 72.4 Å². The van der Waals surface area contributed by atoms with E-state index in [1.807, 2.05) is 182 Å². The number of fused-ring (bicyclic) bond motifs is 18. The van der Waals surface area contributed by atoms with Crippen LogP contribution in [0, 0.1) is 62.3 Å². The molecule has 8 aromatic heterocycles. The number of nitrogens with zero attached hydrogens (tertiary/aromatic N) is 3. The number of hydrogen-bond acceptors (Lipinski definition) is 8. The molecule has 110 heavy (non-hydrogen) atoms. The van der Waals surface area contributed by atoms with E-state index in [4.69, 9.17) is 22.1 Å². The summed E-state index contributed by atoms with van der Waals surface area (Å²) >= 11 is 0. The Morgan fingerprint density at radius 2 is 0.573 bits per heavy atom. The Bertz CT molecular complexity index is 6640. The number of furan rings is 5. The number of aryl methyl sites for hydroxylation is 9. The first-order chi connectivity index (χ1) is 53.8. The molecule has 8 heteroatoms. The molecule has 0 radical (unpaired) electrons. The Morgan fingerprint density at radius 3 is 1.19 bits per heavy atom. The van der Waals surface area contributed by atoms with Crippen molar-refractivity contribution in [2.45, 2.75) is 62.3 Å². The molecule has 0 aliphatic heterocycles. The lowest BCUT2D eigenvalue weighted by molar-refractivity contribution is 0.665. The smallest absolute Gasteiger partial charge is 0.138 e. The van der Waals surface area contributed by atoms with Crippen LogP contribution in [-0.4, -0.2) is 15.0 Å². The van der Waals surface area contributed by atoms with Crippen LogP contribution in [0.25, 0.3) is 142 Å². The summed E-state index contributed by atoms with van der Waals surface area (Å²) in [5, 5.41) is 15.7. The number of aromatic nitrogens is 3. The lowest BCUT2D eigenvalue weighted by Crippen LogP contribution is -1.79. The van der Waals surface area contributed by atoms with Gasteiger partial charge in [0.05, 0.1) is 16.6 Å². The van der Waals surface area contributed by atoms with Crippen LogP contribution < -0.4 is 0 Å². The van der Waals surface area contributed by atoms with Crippen molar-refractivity contribution < 1.29 is 22.1 Å². The topological polar surface area (TPSA) is 104 Å². The molecule has 0 N–H and O–H groups in total. The fraction of sp³-hybridized carbons (Fsp3) is 0.0882. The second-order valence-corrected chi connectivity index (χ2v) is 27.5. The molecule has 0 unspecified atom stereocenters. The SMILES string of the molecule is Cc1ccc2c(c1)oc1ccccc12.Cc1ccc2cccnc2c1.Cc1ccc2ncccc2c1.Cc1ccc2oc3ccccc3c2c1.Cc1cccc2c1oc1ccccc12.Cc1cccc2c1oc1ccccc12.Cc1cccc2ncccc12.Cc1cccc2oc3ccccc3c12.Cc1ccccc1. The van der Waals surface area contributed by atoms with Gasteiger partial charge in [0.1, 0.15) is 55.8 Å². The molecule has 0 saturated heterocycles. The molecular formula is C102H85N3O5. The highest BCUT2D eigenvalue weighted by Crippen LogP contribution is 2.35. The molecule has 0 fully saturated rings. The lowest BCUT2D eigenvalue weighted by atomic mass is 10.1. The fourth-order valence-electron chi connectivity index (χ4n) is 13.6. The summed E-state index contributed by atoms with van der Waals surface area (Å²) in [6.45, 7) is 18.8. The highest BCUT2D eigenvalue weighted by atomic mass is 16.3. The number of pyridine rings is 3. The van der Waals surface area contributed by atoms with Gasteiger partial charge in [-0.2, -0.15) is 0 Å². The predicted molar refractivity (Wildman–Crippen MR) is 463 cm³/mol. The number of hydrogen-bond donors (Lipinski definition) is 0. The first-order valence-corrected chi connectivity index (χ1v) is 37.1. The van der Waals surface area contributed by atoms with Gasteiger partial charge in [0, 0.05) is 88.6 Å². The van der Waals surface area contributed by atoms with Gasteiger partial charge in [-0.25, -0.2) is 0 Å². The summed E-state index contributed by atoms with van der Waals surface area (Å²) in [6.07, 6.45) is 5.46. The van der Waals surface area contributed by atoms with Crippen LogP contribution in [0.3, 0.4) is 0 Å². The van der Waals surface area contributed by atoms with Gasteiger partial charge in [-0.1, -0.05) is 253 Å². The van der Waals surface area contributed by atoms with Crippen molar-refractivity contribution in [3.63, 3.8) is 0 Å². The molecule has 0 saturated carbocycles. The zero-order valence-corrected chi connectivity index (χ0v) is 63.4. The summed E-state index contributed by atoms with van der Waals surface area (Å²) < 4.78 is 28.7. The third kappa shape index (κ3) is 17.2. The van der Waals surface area contributed by atoms with Gasteiger partial charge in [0.15, 0.2) is 0 Å². The van der Waals surface area contributed by atoms with Gasteiger partial charge in [-0.3, -0.25) is 15.0 Å². The van der Waals surface area contributed by atoms with Crippen molar-refractivity contribution in [1.29, 1.82) is 0 Å². The standard InChI is InChI=1S/5C13H10O.3C10H9N.C7H8/c2*1-9-5-4-7-11-10-6-2-3-8-12(10)14-13(9)11;1-9-5-4-8-12-13(9)10-6-2-3-7-11(10)14-12;1-9-6-7-13-11(8-9)10-4-2-3-5-12(10)14-13;1-9-6-7-11-10-4-2-3-5-12(10)14-13(11)8-9;1-8-4-2-6-10-9(8)5-3-7-11-10;1-8-4-5-10-9(7-8)3-2-6-11-10;1-8-4-5-9-3-2-6-11-10(9)7-8;1-7-5-3-2-4-6-7/h5*2-8H,1H3;3*2-7H,1H3;2-6H,1H3. The molecule has 0 atom stereocenters. The fourth-order valence-corrected chi connectivity index (χ4v) is 13.6. The minimum Gasteiger partial charge on any atom is -0.456 e. The second kappa shape index (κ2) is 34.3. The predicted octanol–water partition coefficient (Wildman–Crippen LogP) is 29.1. The molecule has 0 aliphatic carbocycles. The van der Waals surface area contributed by atoms with Gasteiger partial charge in [-0.05, 0) is 193 Å². The molecular weight excluding hydrogens is 1350 g/mol. The van der Waals surface area contributed by atoms with E-state index in [-0.39, 0.29) is 0 Å². The molecule has 22 rings (SSSR count). The zero-order valence-electron chi connectivity index (χ0n) is 63.4. The van der Waals surface area contributed by atoms with E-state index < -0.39 is 0 Å². The Morgan fingerprint density at radius 1 is 0.182 bits per heavy atom. The summed E-state index contributed by atoms with van der Waals surface area (Å²) in [6, 6.07) is 113. The van der Waals surface area contributed by atoms with Gasteiger partial charge in [0.25, 0.3) is 0 Å². The van der Waals surface area contributed by atoms with Crippen LogP contribution in [0.15, 0.2) is 374 Å². The molecule has 22 aromatic rings. The first kappa shape index (κ1) is 73.2. The molecule has 0 bridgehead atoms. The third-order valence-corrected chi connectivity index (χ3v) is 19.2. The highest BCUT2D eigenvalue weighted by Gasteiger charge is 2.11. The van der Waals surface area contributed by atoms with Crippen molar-refractivity contribution in [3.05, 3.63) is 402 Å². The van der Waals surface area contributed by atoms with Crippen molar-refractivity contribution >= 4 is 142 Å². The van der Waals surface area contributed by atoms with Crippen LogP contribution in [0.2, 0.25) is 0 Å². The average molecular weight is 1430 g/mol. The summed E-state index contributed by atoms with van der Waals surface area (Å²) in [4.78, 5) is 12.7. The van der Waals surface area contributed by atoms with Crippen LogP contribution in [0.1, 0.15) is 50.1 Å². The van der Waals surface area contributed by atoms with Crippen molar-refractivity contribution in [3.8, 4) is 0 Å². The normalized spacial score (nSPS) is 10.8. The van der Waals surface area contributed by atoms with Gasteiger partial charge >= 0.3 is 0 Å². The maximum atomic E-state index is 5.78.